The first kappa shape index (κ1) is 16.6. The van der Waals surface area contributed by atoms with E-state index in [-0.39, 0.29) is 5.76 Å². The van der Waals surface area contributed by atoms with Crippen LogP contribution in [-0.2, 0) is 9.53 Å². The van der Waals surface area contributed by atoms with Crippen LogP contribution in [0.15, 0.2) is 52.9 Å². The lowest BCUT2D eigenvalue weighted by atomic mass is 10.1. The first-order chi connectivity index (χ1) is 12.0. The molecule has 0 bridgehead atoms. The van der Waals surface area contributed by atoms with Gasteiger partial charge >= 0.3 is 5.97 Å². The minimum Gasteiger partial charge on any atom is -0.497 e. The lowest BCUT2D eigenvalue weighted by Crippen LogP contribution is -2.26. The van der Waals surface area contributed by atoms with Crippen molar-refractivity contribution in [3.05, 3.63) is 65.4 Å². The number of fused-ring (bicyclic) bond motifs is 1. The second-order valence-electron chi connectivity index (χ2n) is 5.52. The third kappa shape index (κ3) is 3.19. The van der Waals surface area contributed by atoms with E-state index < -0.39 is 18.0 Å². The van der Waals surface area contributed by atoms with Crippen LogP contribution >= 0.6 is 0 Å². The molecule has 0 aliphatic rings. The molecule has 0 spiro atoms. The molecule has 0 saturated heterocycles. The van der Waals surface area contributed by atoms with E-state index in [4.69, 9.17) is 19.6 Å². The van der Waals surface area contributed by atoms with Crippen LogP contribution in [0, 0.1) is 6.92 Å². The molecule has 2 N–H and O–H groups in total. The summed E-state index contributed by atoms with van der Waals surface area (Å²) >= 11 is 0. The summed E-state index contributed by atoms with van der Waals surface area (Å²) in [5, 5.41) is 0.738. The largest absolute Gasteiger partial charge is 0.497 e. The van der Waals surface area contributed by atoms with Crippen LogP contribution in [0.3, 0.4) is 0 Å². The number of carbonyl (C=O) groups is 2. The number of furan rings is 1. The van der Waals surface area contributed by atoms with Gasteiger partial charge in [0.15, 0.2) is 0 Å². The fraction of sp³-hybridized carbons (Fsp3) is 0.158. The average molecular weight is 339 g/mol. The molecule has 3 rings (SSSR count). The molecule has 0 saturated carbocycles. The number of rotatable bonds is 5. The molecular weight excluding hydrogens is 322 g/mol. The Bertz CT molecular complexity index is 930. The Hall–Kier alpha value is -3.28. The molecule has 6 heteroatoms. The van der Waals surface area contributed by atoms with Gasteiger partial charge in [-0.3, -0.25) is 4.79 Å². The van der Waals surface area contributed by atoms with Crippen molar-refractivity contribution in [1.82, 2.24) is 0 Å². The maximum Gasteiger partial charge on any atom is 0.375 e. The van der Waals surface area contributed by atoms with Gasteiger partial charge in [0.05, 0.1) is 7.11 Å². The number of ether oxygens (including phenoxy) is 2. The summed E-state index contributed by atoms with van der Waals surface area (Å²) in [6.07, 6.45) is -1.18. The van der Waals surface area contributed by atoms with E-state index in [0.717, 1.165) is 5.39 Å². The third-order valence-electron chi connectivity index (χ3n) is 3.91. The van der Waals surface area contributed by atoms with Crippen molar-refractivity contribution in [3.63, 3.8) is 0 Å². The van der Waals surface area contributed by atoms with Gasteiger partial charge in [0.2, 0.25) is 11.9 Å². The molecule has 1 amide bonds. The van der Waals surface area contributed by atoms with Crippen molar-refractivity contribution in [1.29, 1.82) is 0 Å². The Morgan fingerprint density at radius 1 is 1.12 bits per heavy atom. The highest BCUT2D eigenvalue weighted by Gasteiger charge is 2.27. The average Bonchev–Trinajstić information content (AvgIpc) is 2.96. The number of hydrogen-bond donors (Lipinski definition) is 1. The van der Waals surface area contributed by atoms with Gasteiger partial charge in [0.25, 0.3) is 5.91 Å². The number of hydrogen-bond acceptors (Lipinski definition) is 5. The van der Waals surface area contributed by atoms with Crippen LogP contribution < -0.4 is 10.5 Å². The van der Waals surface area contributed by atoms with E-state index in [1.165, 1.54) is 0 Å². The Morgan fingerprint density at radius 2 is 1.84 bits per heavy atom. The van der Waals surface area contributed by atoms with Crippen LogP contribution in [0.2, 0.25) is 0 Å². The maximum atomic E-state index is 12.5. The number of carbonyl (C=O) groups excluding carboxylic acids is 2. The summed E-state index contributed by atoms with van der Waals surface area (Å²) in [5.74, 6) is -0.823. The van der Waals surface area contributed by atoms with Crippen LogP contribution in [0.4, 0.5) is 0 Å². The molecule has 25 heavy (non-hydrogen) atoms. The van der Waals surface area contributed by atoms with E-state index in [9.17, 15) is 9.59 Å². The van der Waals surface area contributed by atoms with Crippen LogP contribution in [0.5, 0.6) is 5.75 Å². The Labute approximate surface area is 144 Å². The summed E-state index contributed by atoms with van der Waals surface area (Å²) in [6.45, 7) is 1.74. The van der Waals surface area contributed by atoms with Gasteiger partial charge in [-0.2, -0.15) is 0 Å². The van der Waals surface area contributed by atoms with Gasteiger partial charge in [-0.25, -0.2) is 4.79 Å². The summed E-state index contributed by atoms with van der Waals surface area (Å²) in [4.78, 5) is 24.2. The summed E-state index contributed by atoms with van der Waals surface area (Å²) in [5.41, 5.74) is 7.02. The Kier molecular flexibility index (Phi) is 4.43. The molecular formula is C19H17NO5. The molecule has 1 aromatic heterocycles. The Morgan fingerprint density at radius 3 is 2.48 bits per heavy atom. The second-order valence-corrected chi connectivity index (χ2v) is 5.52. The second kappa shape index (κ2) is 6.68. The van der Waals surface area contributed by atoms with Crippen molar-refractivity contribution >= 4 is 22.8 Å². The molecule has 6 nitrogen and oxygen atoms in total. The van der Waals surface area contributed by atoms with Crippen LogP contribution in [-0.4, -0.2) is 19.0 Å². The van der Waals surface area contributed by atoms with E-state index in [0.29, 0.717) is 22.5 Å². The molecule has 1 heterocycles. The number of nitrogens with two attached hydrogens (primary N) is 1. The number of aryl methyl sites for hydroxylation is 1. The lowest BCUT2D eigenvalue weighted by Gasteiger charge is -2.14. The van der Waals surface area contributed by atoms with Crippen LogP contribution in [0.25, 0.3) is 11.0 Å². The fourth-order valence-corrected chi connectivity index (χ4v) is 2.60. The van der Waals surface area contributed by atoms with Crippen molar-refractivity contribution in [3.8, 4) is 5.75 Å². The van der Waals surface area contributed by atoms with Crippen molar-refractivity contribution in [2.75, 3.05) is 7.11 Å². The van der Waals surface area contributed by atoms with Crippen molar-refractivity contribution in [2.24, 2.45) is 5.73 Å². The van der Waals surface area contributed by atoms with Gasteiger partial charge < -0.3 is 19.6 Å². The predicted molar refractivity (Wildman–Crippen MR) is 91.3 cm³/mol. The number of amides is 1. The quantitative estimate of drug-likeness (QED) is 0.721. The molecule has 2 aromatic carbocycles. The van der Waals surface area contributed by atoms with Gasteiger partial charge in [0.1, 0.15) is 11.3 Å². The first-order valence-electron chi connectivity index (χ1n) is 7.63. The highest BCUT2D eigenvalue weighted by atomic mass is 16.6. The normalized spacial score (nSPS) is 11.9. The smallest absolute Gasteiger partial charge is 0.375 e. The monoisotopic (exact) mass is 339 g/mol. The van der Waals surface area contributed by atoms with E-state index in [2.05, 4.69) is 0 Å². The van der Waals surface area contributed by atoms with E-state index >= 15 is 0 Å². The maximum absolute atomic E-state index is 12.5. The minimum absolute atomic E-state index is 0.0328. The predicted octanol–water partition coefficient (Wildman–Crippen LogP) is 3.13. The lowest BCUT2D eigenvalue weighted by molar-refractivity contribution is -0.127. The van der Waals surface area contributed by atoms with E-state index in [1.54, 1.807) is 62.6 Å². The standard InChI is InChI=1S/C19H17NO5/c1-11-14-10-13(23-2)8-9-15(14)24-16(11)19(22)25-17(18(20)21)12-6-4-3-5-7-12/h3-10,17H,1-2H3,(H2,20,21)/t17-/m0/s1. The molecule has 0 aliphatic carbocycles. The van der Waals surface area contributed by atoms with Crippen LogP contribution in [0.1, 0.15) is 27.8 Å². The Balaban J connectivity index is 1.93. The van der Waals surface area contributed by atoms with Gasteiger partial charge in [0, 0.05) is 16.5 Å². The molecule has 128 valence electrons. The van der Waals surface area contributed by atoms with Crippen molar-refractivity contribution in [2.45, 2.75) is 13.0 Å². The topological polar surface area (TPSA) is 91.8 Å². The third-order valence-corrected chi connectivity index (χ3v) is 3.91. The SMILES string of the molecule is COc1ccc2oc(C(=O)O[C@H](C(N)=O)c3ccccc3)c(C)c2c1. The van der Waals surface area contributed by atoms with Gasteiger partial charge in [-0.15, -0.1) is 0 Å². The molecule has 1 atom stereocenters. The van der Waals surface area contributed by atoms with Gasteiger partial charge in [-0.05, 0) is 25.1 Å². The summed E-state index contributed by atoms with van der Waals surface area (Å²) in [6, 6.07) is 13.8. The minimum atomic E-state index is -1.18. The summed E-state index contributed by atoms with van der Waals surface area (Å²) in [7, 11) is 1.56. The van der Waals surface area contributed by atoms with Crippen molar-refractivity contribution < 1.29 is 23.5 Å². The zero-order valence-corrected chi connectivity index (χ0v) is 13.8. The highest BCUT2D eigenvalue weighted by Crippen LogP contribution is 2.30. The number of benzene rings is 2. The zero-order chi connectivity index (χ0) is 18.0. The number of primary amides is 1. The molecule has 0 aliphatic heterocycles. The molecule has 0 unspecified atom stereocenters. The fourth-order valence-electron chi connectivity index (χ4n) is 2.60. The first-order valence-corrected chi connectivity index (χ1v) is 7.63. The molecule has 0 fully saturated rings. The summed E-state index contributed by atoms with van der Waals surface area (Å²) < 4.78 is 16.1. The zero-order valence-electron chi connectivity index (χ0n) is 13.8. The highest BCUT2D eigenvalue weighted by molar-refractivity contribution is 5.97. The number of esters is 1. The molecule has 3 aromatic rings. The van der Waals surface area contributed by atoms with E-state index in [1.807, 2.05) is 0 Å². The molecule has 0 radical (unpaired) electrons. The van der Waals surface area contributed by atoms with Gasteiger partial charge in [-0.1, -0.05) is 30.3 Å². The number of methoxy groups -OCH3 is 1.